The van der Waals surface area contributed by atoms with Crippen molar-refractivity contribution < 1.29 is 14.5 Å². The van der Waals surface area contributed by atoms with E-state index in [1.807, 2.05) is 18.2 Å². The maximum atomic E-state index is 12.6. The van der Waals surface area contributed by atoms with Gasteiger partial charge in [-0.15, -0.1) is 0 Å². The lowest BCUT2D eigenvalue weighted by Crippen LogP contribution is -2.14. The number of nitro groups is 1. The molecule has 32 heavy (non-hydrogen) atoms. The summed E-state index contributed by atoms with van der Waals surface area (Å²) in [5.74, 6) is -0.275. The first-order chi connectivity index (χ1) is 15.5. The maximum absolute atomic E-state index is 12.6. The third kappa shape index (κ3) is 5.10. The monoisotopic (exact) mass is 452 g/mol. The van der Waals surface area contributed by atoms with Crippen molar-refractivity contribution in [2.24, 2.45) is 0 Å². The normalized spacial score (nSPS) is 10.7. The molecule has 0 radical (unpaired) electrons. The Balaban J connectivity index is 1.38. The summed E-state index contributed by atoms with van der Waals surface area (Å²) in [6.45, 7) is 0.425. The molecule has 0 saturated carbocycles. The Labute approximate surface area is 187 Å². The average molecular weight is 453 g/mol. The summed E-state index contributed by atoms with van der Waals surface area (Å²) in [5, 5.41) is 22.7. The molecule has 1 amide bonds. The molecule has 2 heterocycles. The van der Waals surface area contributed by atoms with Crippen molar-refractivity contribution in [1.82, 2.24) is 19.6 Å². The molecule has 0 aliphatic rings. The number of nitrogens with one attached hydrogen (secondary N) is 1. The third-order valence-corrected chi connectivity index (χ3v) is 4.61. The van der Waals surface area contributed by atoms with Crippen LogP contribution in [0.2, 0.25) is 5.02 Å². The van der Waals surface area contributed by atoms with Crippen molar-refractivity contribution in [3.8, 4) is 5.75 Å². The molecular formula is C21H17ClN6O4. The van der Waals surface area contributed by atoms with Crippen LogP contribution in [0, 0.1) is 10.1 Å². The van der Waals surface area contributed by atoms with Gasteiger partial charge in [0.2, 0.25) is 0 Å². The lowest BCUT2D eigenvalue weighted by molar-refractivity contribution is -0.386. The molecule has 1 N–H and O–H groups in total. The number of carbonyl (C=O) groups is 1. The van der Waals surface area contributed by atoms with E-state index in [0.29, 0.717) is 17.3 Å². The quantitative estimate of drug-likeness (QED) is 0.319. The van der Waals surface area contributed by atoms with Crippen molar-refractivity contribution in [2.75, 3.05) is 5.32 Å². The second-order valence-corrected chi connectivity index (χ2v) is 7.19. The number of hydrogen-bond donors (Lipinski definition) is 1. The lowest BCUT2D eigenvalue weighted by atomic mass is 10.2. The number of nitro benzene ring substituents is 1. The summed E-state index contributed by atoms with van der Waals surface area (Å²) in [6.07, 6.45) is 4.83. The number of para-hydroxylation sites is 2. The van der Waals surface area contributed by atoms with Gasteiger partial charge in [-0.3, -0.25) is 19.6 Å². The van der Waals surface area contributed by atoms with Crippen LogP contribution in [-0.4, -0.2) is 30.4 Å². The Bertz CT molecular complexity index is 1270. The van der Waals surface area contributed by atoms with Crippen LogP contribution >= 0.6 is 11.6 Å². The van der Waals surface area contributed by atoms with Crippen LogP contribution in [0.25, 0.3) is 0 Å². The van der Waals surface area contributed by atoms with Gasteiger partial charge in [-0.05, 0) is 29.8 Å². The van der Waals surface area contributed by atoms with Crippen molar-refractivity contribution in [3.63, 3.8) is 0 Å². The number of benzene rings is 2. The topological polar surface area (TPSA) is 117 Å². The SMILES string of the molecule is O=C(Nc1cccc(Cn2cc(Cl)cn2)c1)c1ccn(COc2ccccc2[N+](=O)[O-])n1. The molecule has 4 aromatic rings. The molecule has 162 valence electrons. The molecule has 0 aliphatic heterocycles. The zero-order chi connectivity index (χ0) is 22.5. The van der Waals surface area contributed by atoms with Crippen LogP contribution in [0.1, 0.15) is 16.1 Å². The molecule has 0 spiro atoms. The lowest BCUT2D eigenvalue weighted by Gasteiger charge is -2.07. The van der Waals surface area contributed by atoms with Gasteiger partial charge in [0, 0.05) is 24.1 Å². The largest absolute Gasteiger partial charge is 0.464 e. The van der Waals surface area contributed by atoms with Gasteiger partial charge in [0.1, 0.15) is 0 Å². The minimum absolute atomic E-state index is 0.0833. The molecule has 2 aromatic carbocycles. The zero-order valence-corrected chi connectivity index (χ0v) is 17.3. The van der Waals surface area contributed by atoms with Gasteiger partial charge >= 0.3 is 5.69 Å². The number of hydrogen-bond acceptors (Lipinski definition) is 6. The Morgan fingerprint density at radius 2 is 2.00 bits per heavy atom. The molecule has 10 nitrogen and oxygen atoms in total. The highest BCUT2D eigenvalue weighted by atomic mass is 35.5. The third-order valence-electron chi connectivity index (χ3n) is 4.42. The van der Waals surface area contributed by atoms with Gasteiger partial charge in [0.25, 0.3) is 5.91 Å². The molecule has 0 fully saturated rings. The van der Waals surface area contributed by atoms with Crippen LogP contribution in [0.4, 0.5) is 11.4 Å². The van der Waals surface area contributed by atoms with Gasteiger partial charge < -0.3 is 10.1 Å². The first-order valence-electron chi connectivity index (χ1n) is 9.46. The molecular weight excluding hydrogens is 436 g/mol. The van der Waals surface area contributed by atoms with E-state index in [2.05, 4.69) is 15.5 Å². The van der Waals surface area contributed by atoms with Crippen LogP contribution < -0.4 is 10.1 Å². The van der Waals surface area contributed by atoms with Crippen molar-refractivity contribution >= 4 is 28.9 Å². The Hall–Kier alpha value is -4.18. The molecule has 0 unspecified atom stereocenters. The van der Waals surface area contributed by atoms with Crippen LogP contribution in [0.15, 0.2) is 73.2 Å². The van der Waals surface area contributed by atoms with Crippen LogP contribution in [0.5, 0.6) is 5.75 Å². The number of halogens is 1. The van der Waals surface area contributed by atoms with Crippen LogP contribution in [0.3, 0.4) is 0 Å². The van der Waals surface area contributed by atoms with E-state index >= 15 is 0 Å². The number of rotatable bonds is 8. The zero-order valence-electron chi connectivity index (χ0n) is 16.6. The number of ether oxygens (including phenoxy) is 1. The fraction of sp³-hybridized carbons (Fsp3) is 0.0952. The smallest absolute Gasteiger partial charge is 0.311 e. The van der Waals surface area contributed by atoms with E-state index in [-0.39, 0.29) is 23.9 Å². The number of nitrogens with zero attached hydrogens (tertiary/aromatic N) is 5. The fourth-order valence-corrected chi connectivity index (χ4v) is 3.13. The maximum Gasteiger partial charge on any atom is 0.311 e. The minimum Gasteiger partial charge on any atom is -0.464 e. The summed E-state index contributed by atoms with van der Waals surface area (Å²) in [7, 11) is 0. The Morgan fingerprint density at radius 1 is 1.16 bits per heavy atom. The summed E-state index contributed by atoms with van der Waals surface area (Å²) in [6, 6.07) is 14.9. The highest BCUT2D eigenvalue weighted by Gasteiger charge is 2.15. The Kier molecular flexibility index (Phi) is 6.13. The van der Waals surface area contributed by atoms with E-state index in [1.54, 1.807) is 41.5 Å². The molecule has 4 rings (SSSR count). The first-order valence-corrected chi connectivity index (χ1v) is 9.83. The van der Waals surface area contributed by atoms with Gasteiger partial charge in [0.15, 0.2) is 18.2 Å². The second kappa shape index (κ2) is 9.31. The van der Waals surface area contributed by atoms with Gasteiger partial charge in [0.05, 0.1) is 22.7 Å². The van der Waals surface area contributed by atoms with Crippen molar-refractivity contribution in [1.29, 1.82) is 0 Å². The standard InChI is InChI=1S/C21H17ClN6O4/c22-16-11-23-27(13-16)12-15-4-3-5-17(10-15)24-21(29)18-8-9-26(25-18)14-32-20-7-2-1-6-19(20)28(30)31/h1-11,13H,12,14H2,(H,24,29). The molecule has 0 aliphatic carbocycles. The minimum atomic E-state index is -0.521. The van der Waals surface area contributed by atoms with Crippen molar-refractivity contribution in [3.05, 3.63) is 99.6 Å². The summed E-state index contributed by atoms with van der Waals surface area (Å²) < 4.78 is 8.55. The highest BCUT2D eigenvalue weighted by molar-refractivity contribution is 6.30. The number of anilines is 1. The van der Waals surface area contributed by atoms with E-state index in [1.165, 1.54) is 22.9 Å². The van der Waals surface area contributed by atoms with E-state index in [9.17, 15) is 14.9 Å². The summed E-state index contributed by atoms with van der Waals surface area (Å²) in [5.41, 5.74) is 1.58. The highest BCUT2D eigenvalue weighted by Crippen LogP contribution is 2.26. The fourth-order valence-electron chi connectivity index (χ4n) is 2.97. The average Bonchev–Trinajstić information content (AvgIpc) is 3.41. The van der Waals surface area contributed by atoms with E-state index in [4.69, 9.17) is 16.3 Å². The number of amides is 1. The van der Waals surface area contributed by atoms with Crippen molar-refractivity contribution in [2.45, 2.75) is 13.3 Å². The number of carbonyl (C=O) groups excluding carboxylic acids is 1. The summed E-state index contributed by atoms with van der Waals surface area (Å²) >= 11 is 5.89. The summed E-state index contributed by atoms with van der Waals surface area (Å²) in [4.78, 5) is 23.1. The van der Waals surface area contributed by atoms with E-state index in [0.717, 1.165) is 5.56 Å². The van der Waals surface area contributed by atoms with Gasteiger partial charge in [-0.2, -0.15) is 10.2 Å². The van der Waals surface area contributed by atoms with Crippen LogP contribution in [-0.2, 0) is 13.3 Å². The van der Waals surface area contributed by atoms with Gasteiger partial charge in [-0.1, -0.05) is 35.9 Å². The molecule has 2 aromatic heterocycles. The van der Waals surface area contributed by atoms with E-state index < -0.39 is 10.8 Å². The predicted molar refractivity (Wildman–Crippen MR) is 117 cm³/mol. The Morgan fingerprint density at radius 3 is 2.78 bits per heavy atom. The van der Waals surface area contributed by atoms with Gasteiger partial charge in [-0.25, -0.2) is 4.68 Å². The first kappa shape index (κ1) is 21.1. The second-order valence-electron chi connectivity index (χ2n) is 6.75. The molecule has 0 bridgehead atoms. The predicted octanol–water partition coefficient (Wildman–Crippen LogP) is 3.98. The molecule has 0 saturated heterocycles. The molecule has 0 atom stereocenters. The number of aromatic nitrogens is 4. The molecule has 11 heteroatoms.